The van der Waals surface area contributed by atoms with Crippen molar-refractivity contribution in [2.24, 2.45) is 0 Å². The Bertz CT molecular complexity index is 838. The molecule has 2 N–H and O–H groups in total. The van der Waals surface area contributed by atoms with E-state index >= 15 is 0 Å². The molecule has 1 amide bonds. The van der Waals surface area contributed by atoms with Crippen LogP contribution in [-0.4, -0.2) is 17.6 Å². The normalized spacial score (nSPS) is 10.6. The zero-order valence-electron chi connectivity index (χ0n) is 13.5. The number of carbonyl (C=O) groups excluding carboxylic acids is 1. The Labute approximate surface area is 144 Å². The number of nitrogens with one attached hydrogen (secondary N) is 1. The SMILES string of the molecule is O=C(NCCc1ccc(CO)cc1)c1ccc(-c2ccc(F)cc2)o1. The Morgan fingerprint density at radius 1 is 0.960 bits per heavy atom. The van der Waals surface area contributed by atoms with Crippen LogP contribution in [0.15, 0.2) is 65.1 Å². The third-order valence-corrected chi connectivity index (χ3v) is 3.86. The van der Waals surface area contributed by atoms with Crippen LogP contribution in [0, 0.1) is 5.82 Å². The molecule has 128 valence electrons. The topological polar surface area (TPSA) is 62.5 Å². The molecule has 3 aromatic rings. The largest absolute Gasteiger partial charge is 0.451 e. The summed E-state index contributed by atoms with van der Waals surface area (Å²) in [6, 6.07) is 16.8. The molecule has 0 bridgehead atoms. The molecule has 0 fully saturated rings. The van der Waals surface area contributed by atoms with E-state index in [0.717, 1.165) is 11.1 Å². The Hall–Kier alpha value is -2.92. The van der Waals surface area contributed by atoms with Crippen LogP contribution in [-0.2, 0) is 13.0 Å². The summed E-state index contributed by atoms with van der Waals surface area (Å²) in [5.74, 6) is 0.125. The monoisotopic (exact) mass is 339 g/mol. The van der Waals surface area contributed by atoms with Crippen LogP contribution < -0.4 is 5.32 Å². The Morgan fingerprint density at radius 3 is 2.32 bits per heavy atom. The molecule has 4 nitrogen and oxygen atoms in total. The number of amides is 1. The lowest BCUT2D eigenvalue weighted by Crippen LogP contribution is -2.25. The van der Waals surface area contributed by atoms with Gasteiger partial charge < -0.3 is 14.8 Å². The third-order valence-electron chi connectivity index (χ3n) is 3.86. The van der Waals surface area contributed by atoms with Crippen molar-refractivity contribution >= 4 is 5.91 Å². The summed E-state index contributed by atoms with van der Waals surface area (Å²) in [5, 5.41) is 11.8. The van der Waals surface area contributed by atoms with E-state index in [1.54, 1.807) is 24.3 Å². The first kappa shape index (κ1) is 16.9. The third kappa shape index (κ3) is 4.33. The first-order valence-corrected chi connectivity index (χ1v) is 7.98. The number of aliphatic hydroxyl groups excluding tert-OH is 1. The Kier molecular flexibility index (Phi) is 5.26. The quantitative estimate of drug-likeness (QED) is 0.722. The van der Waals surface area contributed by atoms with Crippen LogP contribution in [0.5, 0.6) is 0 Å². The second-order valence-corrected chi connectivity index (χ2v) is 5.65. The first-order valence-electron chi connectivity index (χ1n) is 7.98. The van der Waals surface area contributed by atoms with E-state index in [-0.39, 0.29) is 24.1 Å². The number of benzene rings is 2. The number of hydrogen-bond acceptors (Lipinski definition) is 3. The van der Waals surface area contributed by atoms with Gasteiger partial charge in [-0.2, -0.15) is 0 Å². The molecule has 0 aliphatic rings. The van der Waals surface area contributed by atoms with Gasteiger partial charge in [-0.15, -0.1) is 0 Å². The van der Waals surface area contributed by atoms with Gasteiger partial charge in [0.25, 0.3) is 5.91 Å². The summed E-state index contributed by atoms with van der Waals surface area (Å²) in [4.78, 5) is 12.1. The summed E-state index contributed by atoms with van der Waals surface area (Å²) in [5.41, 5.74) is 2.64. The van der Waals surface area contributed by atoms with Gasteiger partial charge in [0.15, 0.2) is 5.76 Å². The molecule has 0 aliphatic heterocycles. The van der Waals surface area contributed by atoms with Crippen molar-refractivity contribution in [2.75, 3.05) is 6.54 Å². The molecular weight excluding hydrogens is 321 g/mol. The van der Waals surface area contributed by atoms with E-state index in [1.807, 2.05) is 24.3 Å². The average Bonchev–Trinajstić information content (AvgIpc) is 3.13. The number of carbonyl (C=O) groups is 1. The molecule has 3 rings (SSSR count). The second kappa shape index (κ2) is 7.77. The van der Waals surface area contributed by atoms with Gasteiger partial charge in [0, 0.05) is 12.1 Å². The lowest BCUT2D eigenvalue weighted by Gasteiger charge is -2.04. The molecule has 0 saturated carbocycles. The number of halogens is 1. The van der Waals surface area contributed by atoms with Crippen molar-refractivity contribution in [2.45, 2.75) is 13.0 Å². The average molecular weight is 339 g/mol. The van der Waals surface area contributed by atoms with Gasteiger partial charge >= 0.3 is 0 Å². The number of aliphatic hydroxyl groups is 1. The van der Waals surface area contributed by atoms with Crippen LogP contribution in [0.3, 0.4) is 0 Å². The van der Waals surface area contributed by atoms with Crippen molar-refractivity contribution in [3.8, 4) is 11.3 Å². The molecule has 5 heteroatoms. The highest BCUT2D eigenvalue weighted by Crippen LogP contribution is 2.22. The summed E-state index contributed by atoms with van der Waals surface area (Å²) in [7, 11) is 0. The lowest BCUT2D eigenvalue weighted by atomic mass is 10.1. The predicted octanol–water partition coefficient (Wildman–Crippen LogP) is 3.55. The molecular formula is C20H18FNO3. The Balaban J connectivity index is 1.55. The highest BCUT2D eigenvalue weighted by Gasteiger charge is 2.12. The van der Waals surface area contributed by atoms with Crippen molar-refractivity contribution in [3.05, 3.63) is 83.4 Å². The Morgan fingerprint density at radius 2 is 1.64 bits per heavy atom. The van der Waals surface area contributed by atoms with E-state index in [1.165, 1.54) is 12.1 Å². The van der Waals surface area contributed by atoms with Crippen LogP contribution in [0.2, 0.25) is 0 Å². The standard InChI is InChI=1S/C20H18FNO3/c21-17-7-5-16(6-8-17)18-9-10-19(25-18)20(24)22-12-11-14-1-3-15(13-23)4-2-14/h1-10,23H,11-13H2,(H,22,24). The molecule has 2 aromatic carbocycles. The maximum absolute atomic E-state index is 13.0. The molecule has 1 heterocycles. The van der Waals surface area contributed by atoms with E-state index < -0.39 is 0 Å². The van der Waals surface area contributed by atoms with Crippen LogP contribution in [0.1, 0.15) is 21.7 Å². The highest BCUT2D eigenvalue weighted by atomic mass is 19.1. The fourth-order valence-electron chi connectivity index (χ4n) is 2.45. The fourth-order valence-corrected chi connectivity index (χ4v) is 2.45. The van der Waals surface area contributed by atoms with Gasteiger partial charge in [0.2, 0.25) is 0 Å². The molecule has 0 atom stereocenters. The van der Waals surface area contributed by atoms with Gasteiger partial charge in [-0.3, -0.25) is 4.79 Å². The van der Waals surface area contributed by atoms with E-state index in [9.17, 15) is 9.18 Å². The van der Waals surface area contributed by atoms with Gasteiger partial charge in [0.05, 0.1) is 6.61 Å². The summed E-state index contributed by atoms with van der Waals surface area (Å²) in [6.45, 7) is 0.496. The van der Waals surface area contributed by atoms with Crippen molar-refractivity contribution < 1.29 is 18.7 Å². The molecule has 0 radical (unpaired) electrons. The maximum atomic E-state index is 13.0. The number of rotatable bonds is 6. The lowest BCUT2D eigenvalue weighted by molar-refractivity contribution is 0.0927. The minimum atomic E-state index is -0.319. The molecule has 25 heavy (non-hydrogen) atoms. The summed E-state index contributed by atoms with van der Waals surface area (Å²) in [6.07, 6.45) is 0.684. The van der Waals surface area contributed by atoms with Gasteiger partial charge in [-0.1, -0.05) is 24.3 Å². The predicted molar refractivity (Wildman–Crippen MR) is 92.5 cm³/mol. The molecule has 1 aromatic heterocycles. The first-order chi connectivity index (χ1) is 12.2. The summed E-state index contributed by atoms with van der Waals surface area (Å²) < 4.78 is 18.5. The second-order valence-electron chi connectivity index (χ2n) is 5.65. The zero-order valence-corrected chi connectivity index (χ0v) is 13.5. The minimum absolute atomic E-state index is 0.0197. The van der Waals surface area contributed by atoms with E-state index in [4.69, 9.17) is 9.52 Å². The van der Waals surface area contributed by atoms with Gasteiger partial charge in [-0.05, 0) is 53.9 Å². The van der Waals surface area contributed by atoms with E-state index in [2.05, 4.69) is 5.32 Å². The minimum Gasteiger partial charge on any atom is -0.451 e. The molecule has 0 aliphatic carbocycles. The smallest absolute Gasteiger partial charge is 0.287 e. The van der Waals surface area contributed by atoms with Crippen LogP contribution in [0.25, 0.3) is 11.3 Å². The number of hydrogen-bond donors (Lipinski definition) is 2. The van der Waals surface area contributed by atoms with E-state index in [0.29, 0.717) is 24.3 Å². The van der Waals surface area contributed by atoms with Gasteiger partial charge in [-0.25, -0.2) is 4.39 Å². The molecule has 0 unspecified atom stereocenters. The van der Waals surface area contributed by atoms with Gasteiger partial charge in [0.1, 0.15) is 11.6 Å². The molecule has 0 spiro atoms. The highest BCUT2D eigenvalue weighted by molar-refractivity contribution is 5.92. The maximum Gasteiger partial charge on any atom is 0.287 e. The van der Waals surface area contributed by atoms with Crippen molar-refractivity contribution in [1.29, 1.82) is 0 Å². The van der Waals surface area contributed by atoms with Crippen LogP contribution in [0.4, 0.5) is 4.39 Å². The fraction of sp³-hybridized carbons (Fsp3) is 0.150. The molecule has 0 saturated heterocycles. The zero-order chi connectivity index (χ0) is 17.6. The van der Waals surface area contributed by atoms with Crippen LogP contribution >= 0.6 is 0 Å². The van der Waals surface area contributed by atoms with Crippen molar-refractivity contribution in [1.82, 2.24) is 5.32 Å². The van der Waals surface area contributed by atoms with Crippen molar-refractivity contribution in [3.63, 3.8) is 0 Å². The number of furan rings is 1. The summed E-state index contributed by atoms with van der Waals surface area (Å²) >= 11 is 0.